The molecule has 2 aliphatic rings. The number of hydrogen-bond acceptors (Lipinski definition) is 5. The van der Waals surface area contributed by atoms with E-state index in [0.29, 0.717) is 39.2 Å². The first-order valence-corrected chi connectivity index (χ1v) is 9.59. The second-order valence-electron chi connectivity index (χ2n) is 5.90. The first-order valence-electron chi connectivity index (χ1n) is 8.39. The number of nitrogens with zero attached hydrogens (tertiary/aromatic N) is 1. The van der Waals surface area contributed by atoms with Crippen LogP contribution in [0.25, 0.3) is 6.08 Å². The lowest BCUT2D eigenvalue weighted by Crippen LogP contribution is -2.21. The molecule has 1 aromatic rings. The van der Waals surface area contributed by atoms with Gasteiger partial charge in [-0.15, -0.1) is 0 Å². The number of amidine groups is 1. The topological polar surface area (TPSA) is 59.9 Å². The second kappa shape index (κ2) is 8.15. The molecule has 2 fully saturated rings. The van der Waals surface area contributed by atoms with Crippen LogP contribution in [0.2, 0.25) is 5.02 Å². The predicted octanol–water partition coefficient (Wildman–Crippen LogP) is 4.25. The fraction of sp³-hybridized carbons (Fsp3) is 0.444. The lowest BCUT2D eigenvalue weighted by atomic mass is 10.2. The van der Waals surface area contributed by atoms with Crippen LogP contribution < -0.4 is 14.8 Å². The number of nitrogens with one attached hydrogen (secondary N) is 1. The summed E-state index contributed by atoms with van der Waals surface area (Å²) in [5.41, 5.74) is 0.786. The third-order valence-corrected chi connectivity index (χ3v) is 5.31. The normalized spacial score (nSPS) is 21.2. The van der Waals surface area contributed by atoms with Gasteiger partial charge in [0, 0.05) is 0 Å². The molecule has 25 heavy (non-hydrogen) atoms. The predicted molar refractivity (Wildman–Crippen MR) is 103 cm³/mol. The molecule has 7 heteroatoms. The van der Waals surface area contributed by atoms with E-state index in [0.717, 1.165) is 18.4 Å². The fourth-order valence-electron chi connectivity index (χ4n) is 2.97. The van der Waals surface area contributed by atoms with E-state index in [1.54, 1.807) is 19.3 Å². The van der Waals surface area contributed by atoms with Crippen LogP contribution in [-0.4, -0.2) is 30.8 Å². The highest BCUT2D eigenvalue weighted by Gasteiger charge is 2.26. The van der Waals surface area contributed by atoms with Crippen molar-refractivity contribution in [3.8, 4) is 11.5 Å². The smallest absolute Gasteiger partial charge is 0.264 e. The van der Waals surface area contributed by atoms with Crippen molar-refractivity contribution >= 4 is 40.5 Å². The molecule has 0 unspecified atom stereocenters. The maximum atomic E-state index is 12.2. The molecule has 3 rings (SSSR count). The molecule has 1 amide bonds. The minimum absolute atomic E-state index is 0.133. The van der Waals surface area contributed by atoms with Gasteiger partial charge in [-0.25, -0.2) is 0 Å². The van der Waals surface area contributed by atoms with Crippen molar-refractivity contribution < 1.29 is 14.3 Å². The molecule has 1 N–H and O–H groups in total. The number of carbonyl (C=O) groups excluding carboxylic acids is 1. The summed E-state index contributed by atoms with van der Waals surface area (Å²) in [6.07, 6.45) is 6.43. The van der Waals surface area contributed by atoms with Crippen LogP contribution in [0.3, 0.4) is 0 Å². The standard InChI is InChI=1S/C18H21ClN2O3S/c1-3-24-14-9-11(8-13(19)16(14)23-2)10-15-17(22)21-18(25-15)20-12-6-4-5-7-12/h8-10,12H,3-7H2,1-2H3,(H,20,21,22). The SMILES string of the molecule is CCOc1cc(C=C2SC(=NC3CCCC3)NC2=O)cc(Cl)c1OC. The Balaban J connectivity index is 1.83. The Labute approximate surface area is 156 Å². The Hall–Kier alpha value is -1.66. The largest absolute Gasteiger partial charge is 0.491 e. The highest BCUT2D eigenvalue weighted by Crippen LogP contribution is 2.38. The maximum Gasteiger partial charge on any atom is 0.264 e. The van der Waals surface area contributed by atoms with Crippen LogP contribution in [-0.2, 0) is 4.79 Å². The van der Waals surface area contributed by atoms with Crippen molar-refractivity contribution in [3.05, 3.63) is 27.6 Å². The van der Waals surface area contributed by atoms with Gasteiger partial charge in [-0.3, -0.25) is 9.79 Å². The van der Waals surface area contributed by atoms with Gasteiger partial charge in [-0.05, 0) is 55.3 Å². The van der Waals surface area contributed by atoms with Crippen LogP contribution >= 0.6 is 23.4 Å². The van der Waals surface area contributed by atoms with Crippen molar-refractivity contribution in [1.29, 1.82) is 0 Å². The van der Waals surface area contributed by atoms with E-state index in [9.17, 15) is 4.79 Å². The third-order valence-electron chi connectivity index (χ3n) is 4.11. The molecule has 1 heterocycles. The van der Waals surface area contributed by atoms with Crippen LogP contribution in [0.15, 0.2) is 22.0 Å². The van der Waals surface area contributed by atoms with Crippen LogP contribution in [0, 0.1) is 0 Å². The minimum Gasteiger partial charge on any atom is -0.491 e. The lowest BCUT2D eigenvalue weighted by molar-refractivity contribution is -0.115. The summed E-state index contributed by atoms with van der Waals surface area (Å²) in [5, 5.41) is 3.98. The van der Waals surface area contributed by atoms with Crippen molar-refractivity contribution in [2.45, 2.75) is 38.6 Å². The number of ether oxygens (including phenoxy) is 2. The Kier molecular flexibility index (Phi) is 5.91. The number of aliphatic imine (C=N–C) groups is 1. The summed E-state index contributed by atoms with van der Waals surface area (Å²) in [6.45, 7) is 2.39. The zero-order valence-corrected chi connectivity index (χ0v) is 15.9. The van der Waals surface area contributed by atoms with E-state index in [1.807, 2.05) is 13.0 Å². The van der Waals surface area contributed by atoms with Crippen molar-refractivity contribution in [2.75, 3.05) is 13.7 Å². The van der Waals surface area contributed by atoms with Gasteiger partial charge in [0.1, 0.15) is 0 Å². The molecule has 134 valence electrons. The summed E-state index contributed by atoms with van der Waals surface area (Å²) in [4.78, 5) is 17.5. The number of halogens is 1. The number of hydrogen-bond donors (Lipinski definition) is 1. The van der Waals surface area contributed by atoms with E-state index in [-0.39, 0.29) is 5.91 Å². The van der Waals surface area contributed by atoms with Gasteiger partial charge in [0.05, 0.1) is 29.7 Å². The number of amides is 1. The fourth-order valence-corrected chi connectivity index (χ4v) is 4.16. The number of methoxy groups -OCH3 is 1. The average Bonchev–Trinajstić information content (AvgIpc) is 3.18. The summed E-state index contributed by atoms with van der Waals surface area (Å²) in [7, 11) is 1.55. The molecule has 1 aliphatic heterocycles. The Morgan fingerprint density at radius 2 is 2.16 bits per heavy atom. The molecule has 1 saturated heterocycles. The molecule has 1 saturated carbocycles. The van der Waals surface area contributed by atoms with Crippen molar-refractivity contribution in [3.63, 3.8) is 0 Å². The first-order chi connectivity index (χ1) is 12.1. The zero-order valence-electron chi connectivity index (χ0n) is 14.3. The minimum atomic E-state index is -0.133. The van der Waals surface area contributed by atoms with Gasteiger partial charge in [0.25, 0.3) is 5.91 Å². The number of thioether (sulfide) groups is 1. The van der Waals surface area contributed by atoms with Gasteiger partial charge < -0.3 is 14.8 Å². The lowest BCUT2D eigenvalue weighted by Gasteiger charge is -2.11. The first kappa shape index (κ1) is 18.1. The quantitative estimate of drug-likeness (QED) is 0.776. The molecule has 0 aromatic heterocycles. The summed E-state index contributed by atoms with van der Waals surface area (Å²) >= 11 is 7.64. The van der Waals surface area contributed by atoms with E-state index in [4.69, 9.17) is 21.1 Å². The second-order valence-corrected chi connectivity index (χ2v) is 7.34. The average molecular weight is 381 g/mol. The maximum absolute atomic E-state index is 12.2. The summed E-state index contributed by atoms with van der Waals surface area (Å²) in [6, 6.07) is 3.92. The van der Waals surface area contributed by atoms with Gasteiger partial charge in [-0.1, -0.05) is 24.4 Å². The Morgan fingerprint density at radius 3 is 2.84 bits per heavy atom. The van der Waals surface area contributed by atoms with E-state index >= 15 is 0 Å². The molecular weight excluding hydrogens is 360 g/mol. The van der Waals surface area contributed by atoms with Gasteiger partial charge in [0.15, 0.2) is 16.7 Å². The summed E-state index contributed by atoms with van der Waals surface area (Å²) in [5.74, 6) is 0.928. The zero-order chi connectivity index (χ0) is 17.8. The molecule has 1 aliphatic carbocycles. The van der Waals surface area contributed by atoms with Crippen LogP contribution in [0.4, 0.5) is 0 Å². The van der Waals surface area contributed by atoms with Gasteiger partial charge in [0.2, 0.25) is 0 Å². The molecule has 0 bridgehead atoms. The van der Waals surface area contributed by atoms with E-state index in [2.05, 4.69) is 10.3 Å². The monoisotopic (exact) mass is 380 g/mol. The van der Waals surface area contributed by atoms with Crippen molar-refractivity contribution in [2.24, 2.45) is 4.99 Å². The Bertz CT molecular complexity index is 727. The highest BCUT2D eigenvalue weighted by atomic mass is 35.5. The molecule has 0 spiro atoms. The highest BCUT2D eigenvalue weighted by molar-refractivity contribution is 8.18. The molecule has 5 nitrogen and oxygen atoms in total. The number of rotatable bonds is 5. The van der Waals surface area contributed by atoms with Crippen LogP contribution in [0.5, 0.6) is 11.5 Å². The van der Waals surface area contributed by atoms with Crippen LogP contribution in [0.1, 0.15) is 38.2 Å². The Morgan fingerprint density at radius 1 is 1.40 bits per heavy atom. The summed E-state index contributed by atoms with van der Waals surface area (Å²) < 4.78 is 10.9. The molecule has 0 atom stereocenters. The van der Waals surface area contributed by atoms with Gasteiger partial charge >= 0.3 is 0 Å². The van der Waals surface area contributed by atoms with E-state index in [1.165, 1.54) is 24.6 Å². The third kappa shape index (κ3) is 4.30. The molecule has 1 aromatic carbocycles. The molecular formula is C18H21ClN2O3S. The molecule has 0 radical (unpaired) electrons. The van der Waals surface area contributed by atoms with Gasteiger partial charge in [-0.2, -0.15) is 0 Å². The number of benzene rings is 1. The number of carbonyl (C=O) groups is 1. The van der Waals surface area contributed by atoms with E-state index < -0.39 is 0 Å². The van der Waals surface area contributed by atoms with Crippen molar-refractivity contribution in [1.82, 2.24) is 5.32 Å².